The number of benzene rings is 2. The second-order valence-corrected chi connectivity index (χ2v) is 5.31. The van der Waals surface area contributed by atoms with Crippen LogP contribution in [0.3, 0.4) is 0 Å². The van der Waals surface area contributed by atoms with Crippen molar-refractivity contribution in [2.75, 3.05) is 19.2 Å². The number of hydrazone groups is 1. The third kappa shape index (κ3) is 2.88. The summed E-state index contributed by atoms with van der Waals surface area (Å²) >= 11 is 0. The predicted molar refractivity (Wildman–Crippen MR) is 94.6 cm³/mol. The average molecular weight is 322 g/mol. The van der Waals surface area contributed by atoms with Crippen LogP contribution in [0.4, 0.5) is 5.69 Å². The highest BCUT2D eigenvalue weighted by atomic mass is 16.5. The van der Waals surface area contributed by atoms with Crippen molar-refractivity contribution in [1.29, 1.82) is 0 Å². The minimum Gasteiger partial charge on any atom is -0.493 e. The molecule has 1 amide bonds. The van der Waals surface area contributed by atoms with Gasteiger partial charge in [-0.3, -0.25) is 4.79 Å². The van der Waals surface area contributed by atoms with Crippen molar-refractivity contribution in [2.24, 2.45) is 5.10 Å². The molecule has 1 heterocycles. The van der Waals surface area contributed by atoms with Gasteiger partial charge < -0.3 is 9.47 Å². The summed E-state index contributed by atoms with van der Waals surface area (Å²) in [6.07, 6.45) is 1.81. The van der Waals surface area contributed by atoms with E-state index in [0.717, 1.165) is 11.3 Å². The van der Waals surface area contributed by atoms with Crippen LogP contribution < -0.4 is 14.5 Å². The fourth-order valence-electron chi connectivity index (χ4n) is 2.54. The molecule has 24 heavy (non-hydrogen) atoms. The normalized spacial score (nSPS) is 15.6. The largest absolute Gasteiger partial charge is 0.493 e. The highest BCUT2D eigenvalue weighted by molar-refractivity contribution is 6.32. The zero-order valence-electron chi connectivity index (χ0n) is 13.8. The Labute approximate surface area is 140 Å². The van der Waals surface area contributed by atoms with Gasteiger partial charge in [-0.1, -0.05) is 24.3 Å². The number of carbonyl (C=O) groups excluding carboxylic acids is 1. The molecular formula is C19H18N2O3. The quantitative estimate of drug-likeness (QED) is 0.809. The van der Waals surface area contributed by atoms with Crippen LogP contribution in [-0.2, 0) is 4.79 Å². The first-order valence-electron chi connectivity index (χ1n) is 7.53. The van der Waals surface area contributed by atoms with Gasteiger partial charge in [0, 0.05) is 0 Å². The molecule has 2 aromatic carbocycles. The molecule has 0 radical (unpaired) electrons. The Hall–Kier alpha value is -3.08. The molecule has 122 valence electrons. The van der Waals surface area contributed by atoms with Crippen molar-refractivity contribution < 1.29 is 14.3 Å². The van der Waals surface area contributed by atoms with E-state index in [4.69, 9.17) is 9.47 Å². The second-order valence-electron chi connectivity index (χ2n) is 5.31. The lowest BCUT2D eigenvalue weighted by Crippen LogP contribution is -2.21. The van der Waals surface area contributed by atoms with Gasteiger partial charge in [-0.15, -0.1) is 0 Å². The third-order valence-corrected chi connectivity index (χ3v) is 3.78. The van der Waals surface area contributed by atoms with Gasteiger partial charge >= 0.3 is 0 Å². The molecule has 1 aliphatic heterocycles. The molecule has 1 aliphatic rings. The van der Waals surface area contributed by atoms with Gasteiger partial charge in [0.15, 0.2) is 11.5 Å². The summed E-state index contributed by atoms with van der Waals surface area (Å²) in [5.41, 5.74) is 2.84. The lowest BCUT2D eigenvalue weighted by atomic mass is 10.1. The Kier molecular flexibility index (Phi) is 4.33. The number of rotatable bonds is 4. The summed E-state index contributed by atoms with van der Waals surface area (Å²) < 4.78 is 10.5. The van der Waals surface area contributed by atoms with Gasteiger partial charge in [0.25, 0.3) is 5.91 Å². The predicted octanol–water partition coefficient (Wildman–Crippen LogP) is 3.51. The zero-order chi connectivity index (χ0) is 17.1. The molecule has 0 spiro atoms. The van der Waals surface area contributed by atoms with Crippen molar-refractivity contribution >= 4 is 23.4 Å². The molecule has 2 aromatic rings. The Morgan fingerprint density at radius 2 is 1.71 bits per heavy atom. The van der Waals surface area contributed by atoms with Crippen molar-refractivity contribution in [3.8, 4) is 11.5 Å². The van der Waals surface area contributed by atoms with Crippen LogP contribution >= 0.6 is 0 Å². The first kappa shape index (κ1) is 15.8. The van der Waals surface area contributed by atoms with E-state index < -0.39 is 0 Å². The molecule has 3 rings (SSSR count). The van der Waals surface area contributed by atoms with Crippen LogP contribution in [0, 0.1) is 0 Å². The fraction of sp³-hybridized carbons (Fsp3) is 0.158. The van der Waals surface area contributed by atoms with Gasteiger partial charge in [0.1, 0.15) is 0 Å². The third-order valence-electron chi connectivity index (χ3n) is 3.78. The first-order chi connectivity index (χ1) is 11.6. The zero-order valence-corrected chi connectivity index (χ0v) is 13.8. The summed E-state index contributed by atoms with van der Waals surface area (Å²) in [5.74, 6) is 1.12. The molecule has 0 aliphatic carbocycles. The van der Waals surface area contributed by atoms with E-state index in [9.17, 15) is 4.79 Å². The number of hydrogen-bond donors (Lipinski definition) is 0. The van der Waals surface area contributed by atoms with Crippen LogP contribution in [0.15, 0.2) is 59.2 Å². The summed E-state index contributed by atoms with van der Waals surface area (Å²) in [6.45, 7) is 1.83. The molecule has 0 unspecified atom stereocenters. The number of ether oxygens (including phenoxy) is 2. The van der Waals surface area contributed by atoms with Crippen LogP contribution in [0.2, 0.25) is 0 Å². The molecule has 0 saturated carbocycles. The monoisotopic (exact) mass is 322 g/mol. The smallest absolute Gasteiger partial charge is 0.280 e. The van der Waals surface area contributed by atoms with E-state index >= 15 is 0 Å². The SMILES string of the molecule is COc1ccc(/C=C2\C(=O)N(c3ccccc3)N=C2C)cc1OC. The highest BCUT2D eigenvalue weighted by Crippen LogP contribution is 2.30. The van der Waals surface area contributed by atoms with Gasteiger partial charge in [0.05, 0.1) is 31.2 Å². The maximum atomic E-state index is 12.7. The number of methoxy groups -OCH3 is 2. The molecule has 5 heteroatoms. The van der Waals surface area contributed by atoms with Crippen LogP contribution in [0.5, 0.6) is 11.5 Å². The number of anilines is 1. The maximum absolute atomic E-state index is 12.7. The minimum absolute atomic E-state index is 0.145. The van der Waals surface area contributed by atoms with Gasteiger partial charge in [-0.05, 0) is 42.8 Å². The standard InChI is InChI=1S/C19H18N2O3/c1-13-16(11-14-9-10-17(23-2)18(12-14)24-3)19(22)21(20-13)15-7-5-4-6-8-15/h4-12H,1-3H3/b16-11-. The summed E-state index contributed by atoms with van der Waals surface area (Å²) in [6, 6.07) is 14.9. The number of hydrogen-bond acceptors (Lipinski definition) is 4. The number of amides is 1. The molecule has 0 atom stereocenters. The van der Waals surface area contributed by atoms with E-state index in [-0.39, 0.29) is 5.91 Å². The van der Waals surface area contributed by atoms with Crippen LogP contribution in [-0.4, -0.2) is 25.8 Å². The van der Waals surface area contributed by atoms with E-state index in [1.807, 2.05) is 61.5 Å². The van der Waals surface area contributed by atoms with Crippen molar-refractivity contribution in [3.63, 3.8) is 0 Å². The molecule has 0 bridgehead atoms. The summed E-state index contributed by atoms with van der Waals surface area (Å²) in [7, 11) is 3.17. The molecular weight excluding hydrogens is 304 g/mol. The Balaban J connectivity index is 1.94. The van der Waals surface area contributed by atoms with E-state index in [1.54, 1.807) is 14.2 Å². The number of nitrogens with zero attached hydrogens (tertiary/aromatic N) is 2. The van der Waals surface area contributed by atoms with Crippen molar-refractivity contribution in [2.45, 2.75) is 6.92 Å². The Morgan fingerprint density at radius 1 is 1.00 bits per heavy atom. The molecule has 0 N–H and O–H groups in total. The summed E-state index contributed by atoms with van der Waals surface area (Å²) in [5, 5.41) is 5.79. The van der Waals surface area contributed by atoms with E-state index in [2.05, 4.69) is 5.10 Å². The number of carbonyl (C=O) groups is 1. The fourth-order valence-corrected chi connectivity index (χ4v) is 2.54. The van der Waals surface area contributed by atoms with E-state index in [1.165, 1.54) is 5.01 Å². The van der Waals surface area contributed by atoms with E-state index in [0.29, 0.717) is 22.8 Å². The van der Waals surface area contributed by atoms with Gasteiger partial charge in [0.2, 0.25) is 0 Å². The lowest BCUT2D eigenvalue weighted by molar-refractivity contribution is -0.114. The first-order valence-corrected chi connectivity index (χ1v) is 7.53. The summed E-state index contributed by atoms with van der Waals surface area (Å²) in [4.78, 5) is 12.7. The Bertz CT molecular complexity index is 826. The Morgan fingerprint density at radius 3 is 2.38 bits per heavy atom. The lowest BCUT2D eigenvalue weighted by Gasteiger charge is -2.11. The van der Waals surface area contributed by atoms with Crippen LogP contribution in [0.25, 0.3) is 6.08 Å². The minimum atomic E-state index is -0.145. The van der Waals surface area contributed by atoms with Crippen LogP contribution in [0.1, 0.15) is 12.5 Å². The van der Waals surface area contributed by atoms with Gasteiger partial charge in [-0.2, -0.15) is 10.1 Å². The molecule has 0 fully saturated rings. The molecule has 0 aromatic heterocycles. The highest BCUT2D eigenvalue weighted by Gasteiger charge is 2.28. The maximum Gasteiger partial charge on any atom is 0.280 e. The topological polar surface area (TPSA) is 51.1 Å². The van der Waals surface area contributed by atoms with Crippen molar-refractivity contribution in [1.82, 2.24) is 0 Å². The number of para-hydroxylation sites is 1. The second kappa shape index (κ2) is 6.58. The van der Waals surface area contributed by atoms with Crippen molar-refractivity contribution in [3.05, 3.63) is 59.7 Å². The molecule has 0 saturated heterocycles. The van der Waals surface area contributed by atoms with Gasteiger partial charge in [-0.25, -0.2) is 0 Å². The molecule has 5 nitrogen and oxygen atoms in total. The average Bonchev–Trinajstić information content (AvgIpc) is 2.90.